The van der Waals surface area contributed by atoms with Gasteiger partial charge < -0.3 is 15.3 Å². The third-order valence-electron chi connectivity index (χ3n) is 1.60. The van der Waals surface area contributed by atoms with Crippen LogP contribution in [-0.2, 0) is 0 Å². The highest BCUT2D eigenvalue weighted by atomic mass is 32.1. The molecule has 0 aliphatic heterocycles. The van der Waals surface area contributed by atoms with E-state index in [4.69, 9.17) is 5.11 Å². The van der Waals surface area contributed by atoms with Crippen LogP contribution >= 0.6 is 12.2 Å². The van der Waals surface area contributed by atoms with Crippen molar-refractivity contribution in [1.29, 1.82) is 0 Å². The first-order valence-electron chi connectivity index (χ1n) is 3.98. The minimum absolute atomic E-state index is 0.284. The van der Waals surface area contributed by atoms with Crippen LogP contribution in [0.25, 0.3) is 0 Å². The van der Waals surface area contributed by atoms with Gasteiger partial charge in [-0.2, -0.15) is 0 Å². The average Bonchev–Trinajstić information content (AvgIpc) is 2.00. The first-order valence-corrected chi connectivity index (χ1v) is 4.45. The van der Waals surface area contributed by atoms with Crippen LogP contribution in [0.15, 0.2) is 0 Å². The first-order chi connectivity index (χ1) is 5.49. The van der Waals surface area contributed by atoms with Gasteiger partial charge in [0, 0.05) is 5.37 Å². The van der Waals surface area contributed by atoms with Crippen molar-refractivity contribution >= 4 is 17.6 Å². The molecule has 0 aromatic carbocycles. The maximum absolute atomic E-state index is 9.31. The Morgan fingerprint density at radius 2 is 1.75 bits per heavy atom. The van der Waals surface area contributed by atoms with Crippen molar-refractivity contribution in [2.24, 2.45) is 5.92 Å². The van der Waals surface area contributed by atoms with Crippen molar-refractivity contribution in [3.05, 3.63) is 0 Å². The molecule has 0 aliphatic carbocycles. The third-order valence-corrected chi connectivity index (χ3v) is 1.88. The maximum Gasteiger partial charge on any atom is 0.111 e. The summed E-state index contributed by atoms with van der Waals surface area (Å²) < 4.78 is 0. The molecule has 0 amide bonds. The molecule has 0 fully saturated rings. The highest BCUT2D eigenvalue weighted by Gasteiger charge is 2.23. The summed E-state index contributed by atoms with van der Waals surface area (Å²) in [5.74, 6) is 0.284. The normalized spacial score (nSPS) is 18.8. The molecule has 12 heavy (non-hydrogen) atoms. The molecule has 0 aromatic heterocycles. The van der Waals surface area contributed by atoms with Crippen molar-refractivity contribution in [3.8, 4) is 0 Å². The summed E-state index contributed by atoms with van der Waals surface area (Å²) in [5.41, 5.74) is 0. The summed E-state index contributed by atoms with van der Waals surface area (Å²) in [7, 11) is 0. The fourth-order valence-electron chi connectivity index (χ4n) is 0.931. The van der Waals surface area contributed by atoms with E-state index in [1.54, 1.807) is 0 Å². The summed E-state index contributed by atoms with van der Waals surface area (Å²) in [6.45, 7) is 3.86. The summed E-state index contributed by atoms with van der Waals surface area (Å²) in [5, 5.41) is 28.6. The first kappa shape index (κ1) is 12.0. The van der Waals surface area contributed by atoms with Gasteiger partial charge in [-0.3, -0.25) is 0 Å². The van der Waals surface area contributed by atoms with Crippen molar-refractivity contribution in [3.63, 3.8) is 0 Å². The lowest BCUT2D eigenvalue weighted by molar-refractivity contribution is -0.0398. The summed E-state index contributed by atoms with van der Waals surface area (Å²) in [6, 6.07) is 0. The van der Waals surface area contributed by atoms with Crippen molar-refractivity contribution < 1.29 is 15.3 Å². The van der Waals surface area contributed by atoms with Crippen LogP contribution in [0.5, 0.6) is 0 Å². The maximum atomic E-state index is 9.31. The van der Waals surface area contributed by atoms with Crippen LogP contribution in [-0.4, -0.2) is 39.0 Å². The van der Waals surface area contributed by atoms with E-state index in [0.29, 0.717) is 6.42 Å². The zero-order valence-corrected chi connectivity index (χ0v) is 8.16. The molecule has 72 valence electrons. The molecule has 0 saturated heterocycles. The van der Waals surface area contributed by atoms with E-state index in [-0.39, 0.29) is 5.92 Å². The molecule has 0 bridgehead atoms. The zero-order valence-electron chi connectivity index (χ0n) is 7.34. The third kappa shape index (κ3) is 4.11. The van der Waals surface area contributed by atoms with E-state index in [1.165, 1.54) is 0 Å². The minimum atomic E-state index is -1.16. The number of hydrogen-bond acceptors (Lipinski definition) is 4. The van der Waals surface area contributed by atoms with E-state index in [1.807, 2.05) is 13.8 Å². The largest absolute Gasteiger partial charge is 0.390 e. The molecule has 3 atom stereocenters. The van der Waals surface area contributed by atoms with Crippen LogP contribution in [0.4, 0.5) is 0 Å². The average molecular weight is 192 g/mol. The molecule has 0 heterocycles. The summed E-state index contributed by atoms with van der Waals surface area (Å²) in [6.07, 6.45) is -2.72. The Morgan fingerprint density at radius 1 is 1.25 bits per heavy atom. The van der Waals surface area contributed by atoms with E-state index in [2.05, 4.69) is 12.2 Å². The highest BCUT2D eigenvalue weighted by molar-refractivity contribution is 7.79. The van der Waals surface area contributed by atoms with Crippen LogP contribution in [0.2, 0.25) is 0 Å². The zero-order chi connectivity index (χ0) is 9.72. The van der Waals surface area contributed by atoms with Gasteiger partial charge in [-0.25, -0.2) is 0 Å². The Kier molecular flexibility index (Phi) is 5.57. The van der Waals surface area contributed by atoms with Crippen LogP contribution in [0.3, 0.4) is 0 Å². The van der Waals surface area contributed by atoms with Crippen LogP contribution < -0.4 is 0 Å². The topological polar surface area (TPSA) is 60.7 Å². The summed E-state index contributed by atoms with van der Waals surface area (Å²) in [4.78, 5) is 0. The molecule has 0 aromatic rings. The Labute approximate surface area is 78.0 Å². The van der Waals surface area contributed by atoms with Crippen molar-refractivity contribution in [2.45, 2.75) is 38.6 Å². The molecule has 0 spiro atoms. The Bertz CT molecular complexity index is 138. The lowest BCUT2D eigenvalue weighted by Gasteiger charge is -2.21. The molecule has 3 nitrogen and oxygen atoms in total. The Balaban J connectivity index is 3.91. The number of aliphatic hydroxyl groups is 3. The van der Waals surface area contributed by atoms with Gasteiger partial charge in [0.15, 0.2) is 0 Å². The highest BCUT2D eigenvalue weighted by Crippen LogP contribution is 2.09. The molecular formula is C8H16O3S. The summed E-state index contributed by atoms with van der Waals surface area (Å²) >= 11 is 4.44. The molecular weight excluding hydrogens is 176 g/mol. The van der Waals surface area contributed by atoms with Crippen molar-refractivity contribution in [1.82, 2.24) is 0 Å². The number of hydrogen-bond donors (Lipinski definition) is 3. The standard InChI is InChI=1S/C8H16O3S/c1-5(2)3-6(9)8(11)7(10)4-12/h4-11H,3H2,1-2H3/t6-,7+,8-/m1/s1. The lowest BCUT2D eigenvalue weighted by Crippen LogP contribution is -2.38. The fourth-order valence-corrected chi connectivity index (χ4v) is 1.09. The van der Waals surface area contributed by atoms with Crippen LogP contribution in [0.1, 0.15) is 20.3 Å². The molecule has 0 radical (unpaired) electrons. The lowest BCUT2D eigenvalue weighted by atomic mass is 9.99. The molecule has 3 N–H and O–H groups in total. The van der Waals surface area contributed by atoms with Gasteiger partial charge in [0.1, 0.15) is 12.2 Å². The second kappa shape index (κ2) is 5.59. The van der Waals surface area contributed by atoms with Gasteiger partial charge in [-0.15, -0.1) is 0 Å². The van der Waals surface area contributed by atoms with Gasteiger partial charge in [-0.1, -0.05) is 26.1 Å². The molecule has 0 rings (SSSR count). The Hall–Kier alpha value is -0.0300. The molecule has 4 heteroatoms. The van der Waals surface area contributed by atoms with Gasteiger partial charge in [0.2, 0.25) is 0 Å². The number of thiocarbonyl (C=S) groups is 1. The number of rotatable bonds is 5. The van der Waals surface area contributed by atoms with E-state index in [0.717, 1.165) is 5.37 Å². The SMILES string of the molecule is CC(C)C[C@@H](O)[C@@H](O)[C@@H](O)C=S. The van der Waals surface area contributed by atoms with E-state index >= 15 is 0 Å². The second-order valence-electron chi connectivity index (χ2n) is 3.31. The predicted molar refractivity (Wildman–Crippen MR) is 51.1 cm³/mol. The number of aliphatic hydroxyl groups excluding tert-OH is 3. The molecule has 0 aliphatic rings. The van der Waals surface area contributed by atoms with Crippen molar-refractivity contribution in [2.75, 3.05) is 0 Å². The minimum Gasteiger partial charge on any atom is -0.390 e. The quantitative estimate of drug-likeness (QED) is 0.541. The van der Waals surface area contributed by atoms with Gasteiger partial charge >= 0.3 is 0 Å². The second-order valence-corrected chi connectivity index (χ2v) is 3.59. The Morgan fingerprint density at radius 3 is 2.08 bits per heavy atom. The smallest absolute Gasteiger partial charge is 0.111 e. The van der Waals surface area contributed by atoms with Gasteiger partial charge in [-0.05, 0) is 12.3 Å². The van der Waals surface area contributed by atoms with E-state index < -0.39 is 18.3 Å². The van der Waals surface area contributed by atoms with Crippen LogP contribution in [0, 0.1) is 5.92 Å². The van der Waals surface area contributed by atoms with Gasteiger partial charge in [0.25, 0.3) is 0 Å². The predicted octanol–water partition coefficient (Wildman–Crippen LogP) is 0.115. The molecule has 0 unspecified atom stereocenters. The molecule has 0 saturated carbocycles. The van der Waals surface area contributed by atoms with Gasteiger partial charge in [0.05, 0.1) is 6.10 Å². The van der Waals surface area contributed by atoms with E-state index in [9.17, 15) is 10.2 Å². The monoisotopic (exact) mass is 192 g/mol. The fraction of sp³-hybridized carbons (Fsp3) is 0.875.